The van der Waals surface area contributed by atoms with Crippen LogP contribution in [0.5, 0.6) is 0 Å². The molecule has 154 valence electrons. The van der Waals surface area contributed by atoms with E-state index in [0.717, 1.165) is 50.8 Å². The van der Waals surface area contributed by atoms with Crippen LogP contribution >= 0.6 is 12.2 Å². The highest BCUT2D eigenvalue weighted by atomic mass is 32.1. The summed E-state index contributed by atoms with van der Waals surface area (Å²) >= 11 is 5.43. The number of nitrogens with zero attached hydrogens (tertiary/aromatic N) is 4. The lowest BCUT2D eigenvalue weighted by molar-refractivity contribution is 0.726. The van der Waals surface area contributed by atoms with Gasteiger partial charge in [0.25, 0.3) is 0 Å². The highest BCUT2D eigenvalue weighted by molar-refractivity contribution is 7.80. The van der Waals surface area contributed by atoms with Crippen LogP contribution in [0.2, 0.25) is 0 Å². The molecule has 6 nitrogen and oxygen atoms in total. The van der Waals surface area contributed by atoms with Crippen LogP contribution in [0.25, 0.3) is 0 Å². The van der Waals surface area contributed by atoms with Crippen LogP contribution in [-0.2, 0) is 13.1 Å². The number of nitrogens with one attached hydrogen (secondary N) is 2. The van der Waals surface area contributed by atoms with Gasteiger partial charge in [0.15, 0.2) is 5.11 Å². The van der Waals surface area contributed by atoms with Crippen LogP contribution in [0.1, 0.15) is 50.2 Å². The first-order valence-corrected chi connectivity index (χ1v) is 11.1. The summed E-state index contributed by atoms with van der Waals surface area (Å²) in [6, 6.07) is 10.8. The third-order valence-electron chi connectivity index (χ3n) is 5.55. The van der Waals surface area contributed by atoms with E-state index in [1.54, 1.807) is 0 Å². The fourth-order valence-corrected chi connectivity index (χ4v) is 4.17. The summed E-state index contributed by atoms with van der Waals surface area (Å²) in [4.78, 5) is 14.3. The van der Waals surface area contributed by atoms with Gasteiger partial charge in [-0.1, -0.05) is 44.0 Å². The first-order chi connectivity index (χ1) is 14.2. The Bertz CT molecular complexity index is 822. The Labute approximate surface area is 178 Å². The lowest BCUT2D eigenvalue weighted by Gasteiger charge is -2.25. The average molecular weight is 411 g/mol. The Hall–Kier alpha value is -2.41. The minimum atomic E-state index is 0.575. The summed E-state index contributed by atoms with van der Waals surface area (Å²) in [5.41, 5.74) is 2.74. The second kappa shape index (κ2) is 9.39. The van der Waals surface area contributed by atoms with Gasteiger partial charge >= 0.3 is 0 Å². The van der Waals surface area contributed by atoms with Crippen molar-refractivity contribution >= 4 is 34.9 Å². The molecule has 1 aromatic heterocycles. The number of hydrogen-bond donors (Lipinski definition) is 2. The second-order valence-electron chi connectivity index (χ2n) is 7.81. The average Bonchev–Trinajstić information content (AvgIpc) is 2.98. The Morgan fingerprint density at radius 3 is 2.21 bits per heavy atom. The highest BCUT2D eigenvalue weighted by Gasteiger charge is 2.22. The number of rotatable bonds is 5. The Balaban J connectivity index is 1.60. The van der Waals surface area contributed by atoms with Crippen LogP contribution in [0.15, 0.2) is 30.3 Å². The molecular formula is C22H30N6S. The smallest absolute Gasteiger partial charge is 0.232 e. The van der Waals surface area contributed by atoms with E-state index < -0.39 is 0 Å². The van der Waals surface area contributed by atoms with E-state index in [9.17, 15) is 0 Å². The van der Waals surface area contributed by atoms with Crippen molar-refractivity contribution in [1.29, 1.82) is 0 Å². The van der Waals surface area contributed by atoms with Gasteiger partial charge in [-0.25, -0.2) is 0 Å². The molecule has 0 bridgehead atoms. The van der Waals surface area contributed by atoms with Crippen molar-refractivity contribution in [3.63, 3.8) is 0 Å². The molecular weight excluding hydrogens is 380 g/mol. The standard InChI is InChI=1S/C22H30N6S/c1-2-11-23-22(29)26-21-24-19(27-12-7-3-4-8-13-27)14-20(25-21)28-15-17-9-5-6-10-18(17)16-28/h5-6,9-10,14H,2-4,7-8,11-13,15-16H2,1H3,(H2,23,24,25,26,29). The maximum Gasteiger partial charge on any atom is 0.232 e. The molecule has 4 rings (SSSR count). The van der Waals surface area contributed by atoms with E-state index in [1.807, 2.05) is 0 Å². The maximum absolute atomic E-state index is 5.43. The molecule has 1 aromatic carbocycles. The zero-order chi connectivity index (χ0) is 20.1. The fourth-order valence-electron chi connectivity index (χ4n) is 3.98. The predicted molar refractivity (Wildman–Crippen MR) is 124 cm³/mol. The molecule has 1 saturated heterocycles. The number of thiocarbonyl (C=S) groups is 1. The van der Waals surface area contributed by atoms with Crippen molar-refractivity contribution in [2.24, 2.45) is 0 Å². The third kappa shape index (κ3) is 4.96. The highest BCUT2D eigenvalue weighted by Crippen LogP contribution is 2.30. The monoisotopic (exact) mass is 410 g/mol. The molecule has 0 aliphatic carbocycles. The molecule has 1 fully saturated rings. The van der Waals surface area contributed by atoms with Crippen LogP contribution in [0.3, 0.4) is 0 Å². The topological polar surface area (TPSA) is 56.3 Å². The van der Waals surface area contributed by atoms with Crippen LogP contribution in [0.4, 0.5) is 17.6 Å². The lowest BCUT2D eigenvalue weighted by atomic mass is 10.1. The summed E-state index contributed by atoms with van der Waals surface area (Å²) < 4.78 is 0. The van der Waals surface area contributed by atoms with E-state index in [-0.39, 0.29) is 0 Å². The zero-order valence-electron chi connectivity index (χ0n) is 17.2. The van der Waals surface area contributed by atoms with Crippen LogP contribution in [0, 0.1) is 0 Å². The number of aromatic nitrogens is 2. The van der Waals surface area contributed by atoms with Crippen LogP contribution < -0.4 is 20.4 Å². The van der Waals surface area contributed by atoms with Gasteiger partial charge in [0, 0.05) is 38.8 Å². The molecule has 29 heavy (non-hydrogen) atoms. The van der Waals surface area contributed by atoms with E-state index in [0.29, 0.717) is 11.1 Å². The van der Waals surface area contributed by atoms with Crippen molar-refractivity contribution in [2.45, 2.75) is 52.1 Å². The number of hydrogen-bond acceptors (Lipinski definition) is 5. The molecule has 3 heterocycles. The van der Waals surface area contributed by atoms with Gasteiger partial charge in [-0.05, 0) is 42.6 Å². The fraction of sp³-hybridized carbons (Fsp3) is 0.500. The van der Waals surface area contributed by atoms with Crippen molar-refractivity contribution in [3.05, 3.63) is 41.5 Å². The Kier molecular flexibility index (Phi) is 6.44. The van der Waals surface area contributed by atoms with Gasteiger partial charge < -0.3 is 20.4 Å². The molecule has 0 unspecified atom stereocenters. The van der Waals surface area contributed by atoms with Gasteiger partial charge in [-0.2, -0.15) is 9.97 Å². The SMILES string of the molecule is CCCNC(=S)Nc1nc(N2CCCCCC2)cc(N2Cc3ccccc3C2)n1. The molecule has 0 saturated carbocycles. The van der Waals surface area contributed by atoms with Crippen LogP contribution in [-0.4, -0.2) is 34.7 Å². The molecule has 0 amide bonds. The largest absolute Gasteiger partial charge is 0.362 e. The quantitative estimate of drug-likeness (QED) is 0.721. The minimum absolute atomic E-state index is 0.575. The van der Waals surface area contributed by atoms with E-state index in [1.165, 1.54) is 36.8 Å². The van der Waals surface area contributed by atoms with E-state index in [4.69, 9.17) is 22.2 Å². The van der Waals surface area contributed by atoms with Gasteiger partial charge in [0.2, 0.25) is 5.95 Å². The molecule has 0 spiro atoms. The van der Waals surface area contributed by atoms with Crippen molar-refractivity contribution in [2.75, 3.05) is 34.8 Å². The Morgan fingerprint density at radius 2 is 1.59 bits per heavy atom. The normalized spacial score (nSPS) is 16.3. The van der Waals surface area contributed by atoms with Crippen molar-refractivity contribution < 1.29 is 0 Å². The van der Waals surface area contributed by atoms with Gasteiger partial charge in [0.1, 0.15) is 11.6 Å². The van der Waals surface area contributed by atoms with Gasteiger partial charge in [0.05, 0.1) is 0 Å². The van der Waals surface area contributed by atoms with Crippen molar-refractivity contribution in [3.8, 4) is 0 Å². The second-order valence-corrected chi connectivity index (χ2v) is 8.22. The maximum atomic E-state index is 5.43. The summed E-state index contributed by atoms with van der Waals surface area (Å²) in [7, 11) is 0. The summed E-state index contributed by atoms with van der Waals surface area (Å²) in [5, 5.41) is 6.99. The summed E-state index contributed by atoms with van der Waals surface area (Å²) in [5.74, 6) is 2.52. The van der Waals surface area contributed by atoms with Crippen molar-refractivity contribution in [1.82, 2.24) is 15.3 Å². The molecule has 0 atom stereocenters. The first-order valence-electron chi connectivity index (χ1n) is 10.7. The summed E-state index contributed by atoms with van der Waals surface area (Å²) in [6.07, 6.45) is 6.05. The Morgan fingerprint density at radius 1 is 0.966 bits per heavy atom. The molecule has 2 aliphatic heterocycles. The third-order valence-corrected chi connectivity index (χ3v) is 5.80. The molecule has 2 N–H and O–H groups in total. The number of anilines is 3. The minimum Gasteiger partial charge on any atom is -0.362 e. The van der Waals surface area contributed by atoms with Gasteiger partial charge in [-0.15, -0.1) is 0 Å². The molecule has 0 radical (unpaired) electrons. The number of benzene rings is 1. The molecule has 2 aliphatic rings. The van der Waals surface area contributed by atoms with Gasteiger partial charge in [-0.3, -0.25) is 0 Å². The number of fused-ring (bicyclic) bond motifs is 1. The molecule has 2 aromatic rings. The first kappa shape index (κ1) is 19.9. The van der Waals surface area contributed by atoms with E-state index in [2.05, 4.69) is 57.7 Å². The zero-order valence-corrected chi connectivity index (χ0v) is 18.0. The van der Waals surface area contributed by atoms with E-state index >= 15 is 0 Å². The summed E-state index contributed by atoms with van der Waals surface area (Å²) in [6.45, 7) is 6.82. The predicted octanol–water partition coefficient (Wildman–Crippen LogP) is 4.07. The lowest BCUT2D eigenvalue weighted by Crippen LogP contribution is -2.31. The molecule has 7 heteroatoms.